The van der Waals surface area contributed by atoms with Crippen molar-refractivity contribution in [2.75, 3.05) is 19.7 Å². The summed E-state index contributed by atoms with van der Waals surface area (Å²) in [4.78, 5) is 13.8. The van der Waals surface area contributed by atoms with E-state index in [4.69, 9.17) is 4.74 Å². The lowest BCUT2D eigenvalue weighted by Gasteiger charge is -2.41. The minimum Gasteiger partial charge on any atom is -0.365 e. The van der Waals surface area contributed by atoms with Gasteiger partial charge in [0, 0.05) is 19.7 Å². The lowest BCUT2D eigenvalue weighted by Crippen LogP contribution is -2.56. The Balaban J connectivity index is 1.96. The molecule has 0 aromatic heterocycles. The number of ether oxygens (including phenoxy) is 1. The van der Waals surface area contributed by atoms with Crippen LogP contribution in [0, 0.1) is 5.92 Å². The van der Waals surface area contributed by atoms with Gasteiger partial charge in [-0.1, -0.05) is 6.92 Å². The molecular formula is C10H17NO2. The summed E-state index contributed by atoms with van der Waals surface area (Å²) in [5, 5.41) is 0. The number of amides is 1. The predicted octanol–water partition coefficient (Wildman–Crippen LogP) is 1.03. The van der Waals surface area contributed by atoms with Crippen molar-refractivity contribution in [3.8, 4) is 0 Å². The Morgan fingerprint density at radius 3 is 2.69 bits per heavy atom. The van der Waals surface area contributed by atoms with E-state index in [-0.39, 0.29) is 5.91 Å². The Kier molecular flexibility index (Phi) is 2.06. The highest BCUT2D eigenvalue weighted by Crippen LogP contribution is 2.29. The Morgan fingerprint density at radius 1 is 1.54 bits per heavy atom. The summed E-state index contributed by atoms with van der Waals surface area (Å²) in [6.07, 6.45) is 1.91. The molecule has 3 heteroatoms. The van der Waals surface area contributed by atoms with Gasteiger partial charge in [0.1, 0.15) is 5.60 Å². The summed E-state index contributed by atoms with van der Waals surface area (Å²) >= 11 is 0. The first kappa shape index (κ1) is 9.00. The van der Waals surface area contributed by atoms with E-state index in [0.29, 0.717) is 5.92 Å². The van der Waals surface area contributed by atoms with Crippen molar-refractivity contribution in [2.24, 2.45) is 5.92 Å². The van der Waals surface area contributed by atoms with Crippen LogP contribution in [-0.4, -0.2) is 36.1 Å². The molecule has 0 aliphatic carbocycles. The Bertz CT molecular complexity index is 215. The fourth-order valence-electron chi connectivity index (χ4n) is 2.15. The second kappa shape index (κ2) is 2.98. The largest absolute Gasteiger partial charge is 0.365 e. The van der Waals surface area contributed by atoms with E-state index in [1.165, 1.54) is 0 Å². The molecule has 0 aromatic rings. The second-order valence-corrected chi connectivity index (χ2v) is 4.50. The van der Waals surface area contributed by atoms with Gasteiger partial charge in [-0.05, 0) is 25.7 Å². The third-order valence-corrected chi connectivity index (χ3v) is 3.02. The molecule has 2 aliphatic rings. The molecular weight excluding hydrogens is 166 g/mol. The highest BCUT2D eigenvalue weighted by atomic mass is 16.5. The smallest absolute Gasteiger partial charge is 0.254 e. The number of rotatable bonds is 1. The van der Waals surface area contributed by atoms with E-state index in [2.05, 4.69) is 6.92 Å². The minimum atomic E-state index is -0.500. The maximum absolute atomic E-state index is 11.9. The zero-order chi connectivity index (χ0) is 9.47. The summed E-state index contributed by atoms with van der Waals surface area (Å²) in [6, 6.07) is 0. The molecule has 2 heterocycles. The molecule has 1 unspecified atom stereocenters. The van der Waals surface area contributed by atoms with Gasteiger partial charge < -0.3 is 9.64 Å². The third-order valence-electron chi connectivity index (χ3n) is 3.02. The number of hydrogen-bond donors (Lipinski definition) is 0. The van der Waals surface area contributed by atoms with Crippen LogP contribution >= 0.6 is 0 Å². The van der Waals surface area contributed by atoms with Gasteiger partial charge in [0.2, 0.25) is 0 Å². The first-order valence-corrected chi connectivity index (χ1v) is 5.05. The van der Waals surface area contributed by atoms with Gasteiger partial charge >= 0.3 is 0 Å². The van der Waals surface area contributed by atoms with Gasteiger partial charge in [0.15, 0.2) is 0 Å². The van der Waals surface area contributed by atoms with E-state index in [9.17, 15) is 4.79 Å². The van der Waals surface area contributed by atoms with Crippen molar-refractivity contribution in [3.63, 3.8) is 0 Å². The van der Waals surface area contributed by atoms with Crippen LogP contribution in [0.3, 0.4) is 0 Å². The van der Waals surface area contributed by atoms with Crippen LogP contribution in [0.1, 0.15) is 26.7 Å². The zero-order valence-electron chi connectivity index (χ0n) is 8.38. The highest BCUT2D eigenvalue weighted by Gasteiger charge is 2.43. The van der Waals surface area contributed by atoms with Crippen molar-refractivity contribution < 1.29 is 9.53 Å². The van der Waals surface area contributed by atoms with E-state index >= 15 is 0 Å². The number of carbonyl (C=O) groups is 1. The summed E-state index contributed by atoms with van der Waals surface area (Å²) in [5.41, 5.74) is -0.500. The Labute approximate surface area is 79.0 Å². The fraction of sp³-hybridized carbons (Fsp3) is 0.900. The third kappa shape index (κ3) is 1.46. The predicted molar refractivity (Wildman–Crippen MR) is 49.3 cm³/mol. The van der Waals surface area contributed by atoms with Gasteiger partial charge in [-0.25, -0.2) is 0 Å². The first-order valence-electron chi connectivity index (χ1n) is 5.05. The van der Waals surface area contributed by atoms with Crippen molar-refractivity contribution >= 4 is 5.91 Å². The van der Waals surface area contributed by atoms with E-state index < -0.39 is 5.60 Å². The maximum Gasteiger partial charge on any atom is 0.254 e. The molecule has 2 fully saturated rings. The normalized spacial score (nSPS) is 34.8. The Morgan fingerprint density at radius 2 is 2.23 bits per heavy atom. The van der Waals surface area contributed by atoms with Crippen LogP contribution in [-0.2, 0) is 9.53 Å². The first-order chi connectivity index (χ1) is 6.12. The van der Waals surface area contributed by atoms with Gasteiger partial charge in [0.25, 0.3) is 5.91 Å². The average molecular weight is 183 g/mol. The molecule has 0 radical (unpaired) electrons. The Hall–Kier alpha value is -0.570. The number of likely N-dealkylation sites (tertiary alicyclic amines) is 1. The SMILES string of the molecule is CC1CN(C(=O)C2(C)CCCO2)C1. The summed E-state index contributed by atoms with van der Waals surface area (Å²) in [5.74, 6) is 0.872. The van der Waals surface area contributed by atoms with E-state index in [1.807, 2.05) is 11.8 Å². The van der Waals surface area contributed by atoms with Crippen LogP contribution in [0.15, 0.2) is 0 Å². The molecule has 0 saturated carbocycles. The molecule has 2 aliphatic heterocycles. The van der Waals surface area contributed by atoms with Crippen molar-refractivity contribution in [1.29, 1.82) is 0 Å². The van der Waals surface area contributed by atoms with Crippen LogP contribution in [0.25, 0.3) is 0 Å². The van der Waals surface area contributed by atoms with Gasteiger partial charge in [0.05, 0.1) is 0 Å². The molecule has 1 amide bonds. The summed E-state index contributed by atoms with van der Waals surface area (Å²) < 4.78 is 5.50. The molecule has 0 spiro atoms. The molecule has 0 bridgehead atoms. The second-order valence-electron chi connectivity index (χ2n) is 4.50. The van der Waals surface area contributed by atoms with Crippen LogP contribution in [0.4, 0.5) is 0 Å². The average Bonchev–Trinajstić information content (AvgIpc) is 2.46. The highest BCUT2D eigenvalue weighted by molar-refractivity contribution is 5.85. The minimum absolute atomic E-state index is 0.197. The van der Waals surface area contributed by atoms with Crippen molar-refractivity contribution in [3.05, 3.63) is 0 Å². The molecule has 3 nitrogen and oxygen atoms in total. The summed E-state index contributed by atoms with van der Waals surface area (Å²) in [7, 11) is 0. The van der Waals surface area contributed by atoms with Crippen LogP contribution in [0.2, 0.25) is 0 Å². The van der Waals surface area contributed by atoms with E-state index in [1.54, 1.807) is 0 Å². The quantitative estimate of drug-likeness (QED) is 0.607. The topological polar surface area (TPSA) is 29.5 Å². The molecule has 2 rings (SSSR count). The molecule has 0 aromatic carbocycles. The lowest BCUT2D eigenvalue weighted by atomic mass is 9.95. The summed E-state index contributed by atoms with van der Waals surface area (Å²) in [6.45, 7) is 6.66. The fourth-order valence-corrected chi connectivity index (χ4v) is 2.15. The molecule has 74 valence electrons. The number of hydrogen-bond acceptors (Lipinski definition) is 2. The molecule has 2 saturated heterocycles. The standard InChI is InChI=1S/C10H17NO2/c1-8-6-11(7-8)9(12)10(2)4-3-5-13-10/h8H,3-7H2,1-2H3. The van der Waals surface area contributed by atoms with Gasteiger partial charge in [-0.2, -0.15) is 0 Å². The van der Waals surface area contributed by atoms with Crippen molar-refractivity contribution in [2.45, 2.75) is 32.3 Å². The maximum atomic E-state index is 11.9. The lowest BCUT2D eigenvalue weighted by molar-refractivity contribution is -0.157. The monoisotopic (exact) mass is 183 g/mol. The zero-order valence-corrected chi connectivity index (χ0v) is 8.38. The van der Waals surface area contributed by atoms with Gasteiger partial charge in [-0.3, -0.25) is 4.79 Å². The molecule has 13 heavy (non-hydrogen) atoms. The van der Waals surface area contributed by atoms with Gasteiger partial charge in [-0.15, -0.1) is 0 Å². The van der Waals surface area contributed by atoms with Crippen LogP contribution < -0.4 is 0 Å². The van der Waals surface area contributed by atoms with Crippen molar-refractivity contribution in [1.82, 2.24) is 4.90 Å². The number of carbonyl (C=O) groups excluding carboxylic acids is 1. The number of nitrogens with zero attached hydrogens (tertiary/aromatic N) is 1. The molecule has 1 atom stereocenters. The molecule has 0 N–H and O–H groups in total. The van der Waals surface area contributed by atoms with Crippen LogP contribution in [0.5, 0.6) is 0 Å². The van der Waals surface area contributed by atoms with E-state index in [0.717, 1.165) is 32.5 Å².